The lowest BCUT2D eigenvalue weighted by Gasteiger charge is -2.40. The fraction of sp³-hybridized carbons (Fsp3) is 0.171. The standard InChI is InChI=1S/C35H32N6/c1-22(2)25-16-18-26(19-17-25)32-31-24(4)39-41(28-10-6-5-7-11-28)34(31)38-35-33(36-27-20-14-23(3)15-21-27)37-29-12-8-9-13-30(29)40(32)35/h5-22,32H,1-4H3,(H,36,37). The van der Waals surface area contributed by atoms with Crippen LogP contribution in [0.1, 0.15) is 53.8 Å². The highest BCUT2D eigenvalue weighted by molar-refractivity contribution is 6.51. The van der Waals surface area contributed by atoms with E-state index in [1.165, 1.54) is 16.7 Å². The van der Waals surface area contributed by atoms with Crippen molar-refractivity contribution in [1.82, 2.24) is 9.78 Å². The first-order valence-corrected chi connectivity index (χ1v) is 14.1. The number of aliphatic imine (C=N–C) groups is 2. The lowest BCUT2D eigenvalue weighted by atomic mass is 9.91. The number of rotatable bonds is 4. The van der Waals surface area contributed by atoms with Crippen molar-refractivity contribution in [1.29, 1.82) is 0 Å². The smallest absolute Gasteiger partial charge is 0.179 e. The Morgan fingerprint density at radius 1 is 0.756 bits per heavy atom. The minimum Gasteiger partial charge on any atom is -0.337 e. The van der Waals surface area contributed by atoms with Crippen molar-refractivity contribution >= 4 is 34.6 Å². The average Bonchev–Trinajstić information content (AvgIpc) is 3.33. The predicted molar refractivity (Wildman–Crippen MR) is 169 cm³/mol. The molecule has 2 aliphatic heterocycles. The molecule has 1 N–H and O–H groups in total. The molecule has 3 heterocycles. The number of fused-ring (bicyclic) bond motifs is 4. The Bertz CT molecular complexity index is 1790. The number of amidine groups is 2. The summed E-state index contributed by atoms with van der Waals surface area (Å²) in [6.07, 6.45) is 0. The maximum atomic E-state index is 5.33. The Morgan fingerprint density at radius 3 is 2.20 bits per heavy atom. The molecule has 0 amide bonds. The van der Waals surface area contributed by atoms with Crippen molar-refractivity contribution in [3.8, 4) is 5.69 Å². The first kappa shape index (κ1) is 25.0. The molecule has 0 aliphatic carbocycles. The second-order valence-electron chi connectivity index (χ2n) is 11.0. The lowest BCUT2D eigenvalue weighted by Crippen LogP contribution is -2.46. The largest absolute Gasteiger partial charge is 0.337 e. The molecule has 1 unspecified atom stereocenters. The Morgan fingerprint density at radius 2 is 1.46 bits per heavy atom. The van der Waals surface area contributed by atoms with Gasteiger partial charge in [0.1, 0.15) is 0 Å². The van der Waals surface area contributed by atoms with Crippen LogP contribution in [-0.2, 0) is 0 Å². The molecular formula is C35H32N6. The summed E-state index contributed by atoms with van der Waals surface area (Å²) in [4.78, 5) is 12.8. The number of benzene rings is 4. The van der Waals surface area contributed by atoms with E-state index in [1.807, 2.05) is 28.9 Å². The second kappa shape index (κ2) is 9.89. The Kier molecular flexibility index (Phi) is 6.04. The van der Waals surface area contributed by atoms with Gasteiger partial charge in [0, 0.05) is 11.3 Å². The summed E-state index contributed by atoms with van der Waals surface area (Å²) >= 11 is 0. The number of nitrogens with zero attached hydrogens (tertiary/aromatic N) is 5. The van der Waals surface area contributed by atoms with Crippen LogP contribution in [0.2, 0.25) is 0 Å². The van der Waals surface area contributed by atoms with Crippen LogP contribution in [0.25, 0.3) is 5.69 Å². The molecule has 1 aromatic heterocycles. The van der Waals surface area contributed by atoms with Gasteiger partial charge in [-0.3, -0.25) is 0 Å². The van der Waals surface area contributed by atoms with Crippen LogP contribution >= 0.6 is 0 Å². The van der Waals surface area contributed by atoms with Gasteiger partial charge in [-0.05, 0) is 67.3 Å². The summed E-state index contributed by atoms with van der Waals surface area (Å²) < 4.78 is 1.97. The zero-order valence-corrected chi connectivity index (χ0v) is 23.7. The monoisotopic (exact) mass is 536 g/mol. The van der Waals surface area contributed by atoms with Crippen LogP contribution in [0.5, 0.6) is 0 Å². The molecule has 0 fully saturated rings. The van der Waals surface area contributed by atoms with Crippen LogP contribution < -0.4 is 10.2 Å². The van der Waals surface area contributed by atoms with E-state index < -0.39 is 0 Å². The van der Waals surface area contributed by atoms with Crippen LogP contribution in [0.4, 0.5) is 22.9 Å². The maximum Gasteiger partial charge on any atom is 0.179 e. The molecule has 0 radical (unpaired) electrons. The normalized spacial score (nSPS) is 15.5. The molecule has 4 aromatic carbocycles. The van der Waals surface area contributed by atoms with Crippen molar-refractivity contribution in [2.45, 2.75) is 39.7 Å². The van der Waals surface area contributed by atoms with Gasteiger partial charge in [0.25, 0.3) is 0 Å². The lowest BCUT2D eigenvalue weighted by molar-refractivity contribution is 0.810. The van der Waals surface area contributed by atoms with E-state index in [1.54, 1.807) is 0 Å². The summed E-state index contributed by atoms with van der Waals surface area (Å²) in [6, 6.07) is 35.8. The molecule has 0 spiro atoms. The number of para-hydroxylation sites is 3. The van der Waals surface area contributed by atoms with Gasteiger partial charge >= 0.3 is 0 Å². The highest BCUT2D eigenvalue weighted by Gasteiger charge is 2.41. The fourth-order valence-electron chi connectivity index (χ4n) is 5.70. The fourth-order valence-corrected chi connectivity index (χ4v) is 5.70. The predicted octanol–water partition coefficient (Wildman–Crippen LogP) is 8.41. The van der Waals surface area contributed by atoms with E-state index in [0.29, 0.717) is 11.8 Å². The van der Waals surface area contributed by atoms with E-state index in [-0.39, 0.29) is 6.04 Å². The van der Waals surface area contributed by atoms with Crippen molar-refractivity contribution in [2.24, 2.45) is 9.98 Å². The summed E-state index contributed by atoms with van der Waals surface area (Å²) in [5.74, 6) is 2.77. The third-order valence-electron chi connectivity index (χ3n) is 7.87. The molecule has 0 saturated carbocycles. The number of hydrogen-bond acceptors (Lipinski definition) is 5. The van der Waals surface area contributed by atoms with E-state index >= 15 is 0 Å². The van der Waals surface area contributed by atoms with Gasteiger partial charge in [-0.2, -0.15) is 5.10 Å². The number of aryl methyl sites for hydroxylation is 2. The molecule has 41 heavy (non-hydrogen) atoms. The molecule has 1 atom stereocenters. The third kappa shape index (κ3) is 4.32. The molecular weight excluding hydrogens is 504 g/mol. The van der Waals surface area contributed by atoms with Gasteiger partial charge in [0.2, 0.25) is 0 Å². The van der Waals surface area contributed by atoms with Gasteiger partial charge in [0.05, 0.1) is 28.8 Å². The molecule has 2 aliphatic rings. The van der Waals surface area contributed by atoms with E-state index in [0.717, 1.165) is 45.7 Å². The zero-order chi connectivity index (χ0) is 28.1. The first-order valence-electron chi connectivity index (χ1n) is 14.1. The Hall–Kier alpha value is -4.97. The second-order valence-corrected chi connectivity index (χ2v) is 11.0. The van der Waals surface area contributed by atoms with Gasteiger partial charge in [-0.25, -0.2) is 14.7 Å². The molecule has 6 heteroatoms. The highest BCUT2D eigenvalue weighted by atomic mass is 15.4. The highest BCUT2D eigenvalue weighted by Crippen LogP contribution is 2.48. The van der Waals surface area contributed by atoms with Gasteiger partial charge in [-0.15, -0.1) is 0 Å². The minimum absolute atomic E-state index is 0.136. The number of aromatic nitrogens is 2. The van der Waals surface area contributed by atoms with E-state index in [4.69, 9.17) is 15.1 Å². The Labute approximate surface area is 240 Å². The summed E-state index contributed by atoms with van der Waals surface area (Å²) in [6.45, 7) is 8.64. The van der Waals surface area contributed by atoms with Gasteiger partial charge in [0.15, 0.2) is 17.5 Å². The minimum atomic E-state index is -0.136. The molecule has 0 saturated heterocycles. The van der Waals surface area contributed by atoms with Crippen LogP contribution in [0, 0.1) is 13.8 Å². The van der Waals surface area contributed by atoms with Crippen molar-refractivity contribution < 1.29 is 0 Å². The number of anilines is 2. The van der Waals surface area contributed by atoms with Crippen molar-refractivity contribution in [3.05, 3.63) is 131 Å². The summed E-state index contributed by atoms with van der Waals surface area (Å²) in [5.41, 5.74) is 9.64. The number of nitrogens with one attached hydrogen (secondary N) is 1. The van der Waals surface area contributed by atoms with Crippen molar-refractivity contribution in [2.75, 3.05) is 10.2 Å². The molecule has 0 bridgehead atoms. The van der Waals surface area contributed by atoms with Crippen LogP contribution in [0.3, 0.4) is 0 Å². The van der Waals surface area contributed by atoms with Crippen LogP contribution in [-0.4, -0.2) is 21.5 Å². The first-order chi connectivity index (χ1) is 20.0. The van der Waals surface area contributed by atoms with Crippen molar-refractivity contribution in [3.63, 3.8) is 0 Å². The van der Waals surface area contributed by atoms with E-state index in [9.17, 15) is 0 Å². The average molecular weight is 537 g/mol. The summed E-state index contributed by atoms with van der Waals surface area (Å²) in [5, 5.41) is 8.63. The molecule has 6 nitrogen and oxygen atoms in total. The van der Waals surface area contributed by atoms with E-state index in [2.05, 4.69) is 117 Å². The molecule has 7 rings (SSSR count). The van der Waals surface area contributed by atoms with Gasteiger partial charge < -0.3 is 10.2 Å². The van der Waals surface area contributed by atoms with Crippen LogP contribution in [0.15, 0.2) is 113 Å². The number of hydrogen-bond donors (Lipinski definition) is 1. The third-order valence-corrected chi connectivity index (χ3v) is 7.87. The zero-order valence-electron chi connectivity index (χ0n) is 23.7. The SMILES string of the molecule is Cc1ccc(NC2=Nc3ccccc3N3C2=Nc2c(c(C)nn2-c2ccccc2)C3c2ccc(C(C)C)cc2)cc1. The van der Waals surface area contributed by atoms with Gasteiger partial charge in [-0.1, -0.05) is 86.1 Å². The summed E-state index contributed by atoms with van der Waals surface area (Å²) in [7, 11) is 0. The topological polar surface area (TPSA) is 57.8 Å². The maximum absolute atomic E-state index is 5.33. The quantitative estimate of drug-likeness (QED) is 0.251. The molecule has 5 aromatic rings. The Balaban J connectivity index is 1.48. The molecule has 202 valence electrons.